The van der Waals surface area contributed by atoms with Gasteiger partial charge < -0.3 is 20.0 Å². The molecule has 0 radical (unpaired) electrons. The van der Waals surface area contributed by atoms with Crippen LogP contribution in [0.5, 0.6) is 11.8 Å². The van der Waals surface area contributed by atoms with Crippen LogP contribution in [0.15, 0.2) is 0 Å². The van der Waals surface area contributed by atoms with Crippen molar-refractivity contribution in [3.8, 4) is 11.8 Å². The Bertz CT molecular complexity index is 425. The molecule has 94 valence electrons. The summed E-state index contributed by atoms with van der Waals surface area (Å²) in [5.41, 5.74) is 1.55. The minimum absolute atomic E-state index is 0.0404. The highest BCUT2D eigenvalue weighted by Gasteiger charge is 2.26. The van der Waals surface area contributed by atoms with Crippen molar-refractivity contribution in [2.24, 2.45) is 0 Å². The second-order valence-corrected chi connectivity index (χ2v) is 4.71. The van der Waals surface area contributed by atoms with Crippen molar-refractivity contribution in [2.45, 2.75) is 25.7 Å². The third-order valence-electron chi connectivity index (χ3n) is 2.93. The predicted molar refractivity (Wildman–Crippen MR) is 67.3 cm³/mol. The highest BCUT2D eigenvalue weighted by Crippen LogP contribution is 2.37. The molecule has 0 aromatic carbocycles. The van der Waals surface area contributed by atoms with Crippen LogP contribution in [0.4, 0.5) is 0 Å². The first-order chi connectivity index (χ1) is 8.02. The number of fused-ring (bicyclic) bond motifs is 1. The molecule has 1 aliphatic rings. The zero-order valence-corrected chi connectivity index (χ0v) is 10.8. The van der Waals surface area contributed by atoms with Crippen LogP contribution in [0.1, 0.15) is 24.0 Å². The predicted octanol–water partition coefficient (Wildman–Crippen LogP) is 1.05. The summed E-state index contributed by atoms with van der Waals surface area (Å²) >= 11 is 4.98. The molecule has 1 heterocycles. The summed E-state index contributed by atoms with van der Waals surface area (Å²) < 4.78 is 1.01. The fourth-order valence-corrected chi connectivity index (χ4v) is 2.07. The van der Waals surface area contributed by atoms with Gasteiger partial charge in [-0.15, -0.1) is 4.73 Å². The molecule has 0 fully saturated rings. The Kier molecular flexibility index (Phi) is 3.15. The van der Waals surface area contributed by atoms with Gasteiger partial charge in [0, 0.05) is 25.2 Å². The van der Waals surface area contributed by atoms with E-state index in [1.807, 2.05) is 0 Å². The van der Waals surface area contributed by atoms with Crippen LogP contribution in [0.25, 0.3) is 0 Å². The Balaban J connectivity index is 2.35. The summed E-state index contributed by atoms with van der Waals surface area (Å²) in [6, 6.07) is 0. The Hall–Kier alpha value is -1.43. The van der Waals surface area contributed by atoms with E-state index in [0.717, 1.165) is 41.5 Å². The van der Waals surface area contributed by atoms with Crippen LogP contribution < -0.4 is 4.84 Å². The maximum atomic E-state index is 9.99. The van der Waals surface area contributed by atoms with Gasteiger partial charge in [-0.3, -0.25) is 0 Å². The molecule has 17 heavy (non-hydrogen) atoms. The van der Waals surface area contributed by atoms with Crippen LogP contribution in [0, 0.1) is 0 Å². The highest BCUT2D eigenvalue weighted by molar-refractivity contribution is 7.80. The summed E-state index contributed by atoms with van der Waals surface area (Å²) in [6.07, 6.45) is 3.56. The van der Waals surface area contributed by atoms with Gasteiger partial charge in [0.15, 0.2) is 0 Å². The lowest BCUT2D eigenvalue weighted by Gasteiger charge is -2.14. The molecule has 0 spiro atoms. The standard InChI is InChI=1S/C11H16N2O3S/c1-12(2)11(17)16-13-9(14)7-5-3-4-6-8(7)10(13)15/h14-15H,3-6H2,1-2H3. The summed E-state index contributed by atoms with van der Waals surface area (Å²) in [6.45, 7) is 0. The van der Waals surface area contributed by atoms with Crippen molar-refractivity contribution in [3.63, 3.8) is 0 Å². The van der Waals surface area contributed by atoms with Gasteiger partial charge in [0.25, 0.3) is 5.17 Å². The van der Waals surface area contributed by atoms with Crippen LogP contribution in [-0.4, -0.2) is 39.1 Å². The molecule has 0 bridgehead atoms. The lowest BCUT2D eigenvalue weighted by Crippen LogP contribution is -2.30. The molecule has 0 saturated carbocycles. The first kappa shape index (κ1) is 12.0. The van der Waals surface area contributed by atoms with E-state index >= 15 is 0 Å². The molecule has 1 aromatic heterocycles. The van der Waals surface area contributed by atoms with Crippen molar-refractivity contribution in [1.29, 1.82) is 0 Å². The lowest BCUT2D eigenvalue weighted by atomic mass is 9.95. The Morgan fingerprint density at radius 3 is 2.06 bits per heavy atom. The molecule has 2 rings (SSSR count). The monoisotopic (exact) mass is 256 g/mol. The summed E-state index contributed by atoms with van der Waals surface area (Å²) in [5, 5.41) is 20.2. The normalized spacial score (nSPS) is 14.2. The van der Waals surface area contributed by atoms with Gasteiger partial charge in [-0.1, -0.05) is 0 Å². The molecular weight excluding hydrogens is 240 g/mol. The highest BCUT2D eigenvalue weighted by atomic mass is 32.1. The van der Waals surface area contributed by atoms with Crippen molar-refractivity contribution in [1.82, 2.24) is 9.63 Å². The lowest BCUT2D eigenvalue weighted by molar-refractivity contribution is 0.171. The zero-order chi connectivity index (χ0) is 12.6. The molecule has 0 aliphatic heterocycles. The second kappa shape index (κ2) is 4.44. The fraction of sp³-hybridized carbons (Fsp3) is 0.545. The van der Waals surface area contributed by atoms with Crippen molar-refractivity contribution in [2.75, 3.05) is 14.1 Å². The van der Waals surface area contributed by atoms with Crippen LogP contribution in [0.2, 0.25) is 0 Å². The van der Waals surface area contributed by atoms with Gasteiger partial charge in [0.1, 0.15) is 0 Å². The molecule has 0 unspecified atom stereocenters. The molecule has 0 saturated heterocycles. The van der Waals surface area contributed by atoms with E-state index in [-0.39, 0.29) is 16.9 Å². The van der Waals surface area contributed by atoms with E-state index in [9.17, 15) is 10.2 Å². The average Bonchev–Trinajstić information content (AvgIpc) is 2.55. The Labute approximate surface area is 105 Å². The quantitative estimate of drug-likeness (QED) is 0.736. The van der Waals surface area contributed by atoms with Crippen LogP contribution in [-0.2, 0) is 12.8 Å². The van der Waals surface area contributed by atoms with E-state index in [1.54, 1.807) is 19.0 Å². The number of nitrogens with zero attached hydrogens (tertiary/aromatic N) is 2. The largest absolute Gasteiger partial charge is 0.492 e. The molecule has 2 N–H and O–H groups in total. The van der Waals surface area contributed by atoms with Gasteiger partial charge in [-0.25, -0.2) is 0 Å². The molecule has 0 atom stereocenters. The van der Waals surface area contributed by atoms with Gasteiger partial charge in [0.05, 0.1) is 0 Å². The molecule has 1 aromatic rings. The van der Waals surface area contributed by atoms with E-state index in [0.29, 0.717) is 0 Å². The third kappa shape index (κ3) is 2.04. The van der Waals surface area contributed by atoms with Crippen molar-refractivity contribution >= 4 is 17.4 Å². The number of hydrogen-bond acceptors (Lipinski definition) is 4. The summed E-state index contributed by atoms with van der Waals surface area (Å²) in [7, 11) is 3.47. The third-order valence-corrected chi connectivity index (χ3v) is 3.37. The van der Waals surface area contributed by atoms with E-state index in [4.69, 9.17) is 17.1 Å². The van der Waals surface area contributed by atoms with Crippen LogP contribution >= 0.6 is 12.2 Å². The maximum absolute atomic E-state index is 9.99. The molecule has 0 amide bonds. The second-order valence-electron chi connectivity index (χ2n) is 4.36. The van der Waals surface area contributed by atoms with Gasteiger partial charge >= 0.3 is 0 Å². The summed E-state index contributed by atoms with van der Waals surface area (Å²) in [4.78, 5) is 6.85. The SMILES string of the molecule is CN(C)C(=S)On1c(O)c2c(c1O)CCCC2. The molecule has 5 nitrogen and oxygen atoms in total. The van der Waals surface area contributed by atoms with E-state index in [2.05, 4.69) is 0 Å². The van der Waals surface area contributed by atoms with Crippen molar-refractivity contribution in [3.05, 3.63) is 11.1 Å². The first-order valence-electron chi connectivity index (χ1n) is 5.56. The fourth-order valence-electron chi connectivity index (χ4n) is 1.99. The van der Waals surface area contributed by atoms with E-state index < -0.39 is 0 Å². The number of hydrogen-bond donors (Lipinski definition) is 2. The van der Waals surface area contributed by atoms with Gasteiger partial charge in [-0.2, -0.15) is 0 Å². The average molecular weight is 256 g/mol. The Morgan fingerprint density at radius 1 is 1.18 bits per heavy atom. The molecule has 1 aliphatic carbocycles. The van der Waals surface area contributed by atoms with E-state index in [1.165, 1.54) is 0 Å². The van der Waals surface area contributed by atoms with Crippen molar-refractivity contribution < 1.29 is 15.1 Å². The number of rotatable bonds is 1. The minimum Gasteiger partial charge on any atom is -0.492 e. The number of aromatic nitrogens is 1. The maximum Gasteiger partial charge on any atom is 0.289 e. The topological polar surface area (TPSA) is 57.9 Å². The number of thiocarbonyl (C=S) groups is 1. The smallest absolute Gasteiger partial charge is 0.289 e. The number of aromatic hydroxyl groups is 2. The molecule has 6 heteroatoms. The minimum atomic E-state index is -0.0404. The van der Waals surface area contributed by atoms with Gasteiger partial charge in [0.2, 0.25) is 11.8 Å². The first-order valence-corrected chi connectivity index (χ1v) is 5.97. The Morgan fingerprint density at radius 2 is 1.65 bits per heavy atom. The van der Waals surface area contributed by atoms with Gasteiger partial charge in [-0.05, 0) is 37.9 Å². The summed E-state index contributed by atoms with van der Waals surface area (Å²) in [5.74, 6) is -0.0807. The zero-order valence-electron chi connectivity index (χ0n) is 9.93. The van der Waals surface area contributed by atoms with Crippen LogP contribution in [0.3, 0.4) is 0 Å². The molecular formula is C11H16N2O3S.